The van der Waals surface area contributed by atoms with Crippen LogP contribution in [0.3, 0.4) is 0 Å². The van der Waals surface area contributed by atoms with E-state index in [2.05, 4.69) is 0 Å². The number of nitrogens with zero attached hydrogens (tertiary/aromatic N) is 2. The van der Waals surface area contributed by atoms with Crippen molar-refractivity contribution >= 4 is 17.7 Å². The molecule has 12 heavy (non-hydrogen) atoms. The second kappa shape index (κ2) is 5.04. The Morgan fingerprint density at radius 1 is 1.50 bits per heavy atom. The molecule has 0 aromatic heterocycles. The smallest absolute Gasteiger partial charge is 0.232 e. The number of nitriles is 1. The standard InChI is InChI=1S/C8H12N2OS/c9-3-6-12-7-8(11)10-4-1-2-5-10/h1-2,4-7H2. The first kappa shape index (κ1) is 9.40. The normalized spacial score (nSPS) is 16.1. The number of rotatable bonds is 3. The Bertz CT molecular complexity index is 194. The van der Waals surface area contributed by atoms with Crippen molar-refractivity contribution in [2.45, 2.75) is 12.8 Å². The fourth-order valence-corrected chi connectivity index (χ4v) is 1.79. The zero-order chi connectivity index (χ0) is 8.81. The largest absolute Gasteiger partial charge is 0.342 e. The van der Waals surface area contributed by atoms with E-state index in [0.29, 0.717) is 11.5 Å². The SMILES string of the molecule is N#CCSCC(=O)N1CCCC1. The summed E-state index contributed by atoms with van der Waals surface area (Å²) in [4.78, 5) is 13.2. The van der Waals surface area contributed by atoms with Crippen LogP contribution in [0.5, 0.6) is 0 Å². The number of carbonyl (C=O) groups excluding carboxylic acids is 1. The van der Waals surface area contributed by atoms with Gasteiger partial charge in [0.15, 0.2) is 0 Å². The molecule has 0 unspecified atom stereocenters. The summed E-state index contributed by atoms with van der Waals surface area (Å²) in [5.41, 5.74) is 0. The van der Waals surface area contributed by atoms with Crippen molar-refractivity contribution in [3.8, 4) is 6.07 Å². The summed E-state index contributed by atoms with van der Waals surface area (Å²) in [7, 11) is 0. The van der Waals surface area contributed by atoms with E-state index in [1.165, 1.54) is 11.8 Å². The molecule has 4 heteroatoms. The zero-order valence-corrected chi connectivity index (χ0v) is 7.77. The van der Waals surface area contributed by atoms with Gasteiger partial charge in [-0.2, -0.15) is 5.26 Å². The minimum Gasteiger partial charge on any atom is -0.342 e. The van der Waals surface area contributed by atoms with Crippen LogP contribution in [0.15, 0.2) is 0 Å². The highest BCUT2D eigenvalue weighted by Gasteiger charge is 2.16. The number of amides is 1. The van der Waals surface area contributed by atoms with Gasteiger partial charge in [-0.3, -0.25) is 4.79 Å². The van der Waals surface area contributed by atoms with Gasteiger partial charge in [-0.15, -0.1) is 11.8 Å². The fraction of sp³-hybridized carbons (Fsp3) is 0.750. The van der Waals surface area contributed by atoms with Crippen LogP contribution >= 0.6 is 11.8 Å². The predicted molar refractivity (Wildman–Crippen MR) is 48.8 cm³/mol. The minimum atomic E-state index is 0.188. The van der Waals surface area contributed by atoms with Gasteiger partial charge in [0, 0.05) is 13.1 Å². The van der Waals surface area contributed by atoms with E-state index in [4.69, 9.17) is 5.26 Å². The predicted octanol–water partition coefficient (Wildman–Crippen LogP) is 0.866. The average Bonchev–Trinajstić information content (AvgIpc) is 2.56. The van der Waals surface area contributed by atoms with Gasteiger partial charge in [0.05, 0.1) is 17.6 Å². The van der Waals surface area contributed by atoms with Crippen molar-refractivity contribution < 1.29 is 4.79 Å². The van der Waals surface area contributed by atoms with Crippen molar-refractivity contribution in [1.29, 1.82) is 5.26 Å². The highest BCUT2D eigenvalue weighted by molar-refractivity contribution is 8.00. The maximum Gasteiger partial charge on any atom is 0.232 e. The molecule has 0 saturated carbocycles. The van der Waals surface area contributed by atoms with Crippen molar-refractivity contribution in [2.75, 3.05) is 24.6 Å². The molecule has 0 radical (unpaired) electrons. The molecule has 0 spiro atoms. The van der Waals surface area contributed by atoms with Crippen molar-refractivity contribution in [2.24, 2.45) is 0 Å². The third-order valence-electron chi connectivity index (χ3n) is 1.85. The van der Waals surface area contributed by atoms with Gasteiger partial charge in [-0.1, -0.05) is 0 Å². The molecule has 1 saturated heterocycles. The Labute approximate surface area is 76.7 Å². The number of hydrogen-bond donors (Lipinski definition) is 0. The summed E-state index contributed by atoms with van der Waals surface area (Å²) in [5.74, 6) is 1.07. The highest BCUT2D eigenvalue weighted by atomic mass is 32.2. The van der Waals surface area contributed by atoms with Crippen LogP contribution in [-0.2, 0) is 4.79 Å². The van der Waals surface area contributed by atoms with E-state index in [0.717, 1.165) is 25.9 Å². The summed E-state index contributed by atoms with van der Waals surface area (Å²) < 4.78 is 0. The number of likely N-dealkylation sites (tertiary alicyclic amines) is 1. The number of carbonyl (C=O) groups is 1. The maximum atomic E-state index is 11.3. The Morgan fingerprint density at radius 2 is 2.17 bits per heavy atom. The second-order valence-corrected chi connectivity index (χ2v) is 3.72. The summed E-state index contributed by atoms with van der Waals surface area (Å²) in [6.45, 7) is 1.82. The van der Waals surface area contributed by atoms with Gasteiger partial charge in [-0.05, 0) is 12.8 Å². The lowest BCUT2D eigenvalue weighted by Crippen LogP contribution is -2.29. The maximum absolute atomic E-state index is 11.3. The van der Waals surface area contributed by atoms with Crippen LogP contribution in [0.1, 0.15) is 12.8 Å². The quantitative estimate of drug-likeness (QED) is 0.611. The van der Waals surface area contributed by atoms with Gasteiger partial charge < -0.3 is 4.90 Å². The van der Waals surface area contributed by atoms with E-state index >= 15 is 0 Å². The molecule has 0 atom stereocenters. The van der Waals surface area contributed by atoms with E-state index in [1.54, 1.807) is 0 Å². The Morgan fingerprint density at radius 3 is 2.75 bits per heavy atom. The topological polar surface area (TPSA) is 44.1 Å². The molecule has 1 rings (SSSR count). The number of thioether (sulfide) groups is 1. The molecule has 1 aliphatic heterocycles. The molecule has 1 amide bonds. The van der Waals surface area contributed by atoms with Crippen LogP contribution in [-0.4, -0.2) is 35.4 Å². The summed E-state index contributed by atoms with van der Waals surface area (Å²) in [5, 5.41) is 8.25. The zero-order valence-electron chi connectivity index (χ0n) is 6.95. The van der Waals surface area contributed by atoms with Crippen LogP contribution in [0.4, 0.5) is 0 Å². The lowest BCUT2D eigenvalue weighted by Gasteiger charge is -2.13. The summed E-state index contributed by atoms with van der Waals surface area (Å²) in [6, 6.07) is 2.01. The van der Waals surface area contributed by atoms with Crippen LogP contribution in [0.2, 0.25) is 0 Å². The van der Waals surface area contributed by atoms with E-state index < -0.39 is 0 Å². The monoisotopic (exact) mass is 184 g/mol. The van der Waals surface area contributed by atoms with Crippen LogP contribution < -0.4 is 0 Å². The number of hydrogen-bond acceptors (Lipinski definition) is 3. The summed E-state index contributed by atoms with van der Waals surface area (Å²) >= 11 is 1.40. The molecule has 66 valence electrons. The van der Waals surface area contributed by atoms with Gasteiger partial charge in [-0.25, -0.2) is 0 Å². The van der Waals surface area contributed by atoms with Gasteiger partial charge in [0.25, 0.3) is 0 Å². The first-order chi connectivity index (χ1) is 5.84. The average molecular weight is 184 g/mol. The molecule has 3 nitrogen and oxygen atoms in total. The van der Waals surface area contributed by atoms with E-state index in [1.807, 2.05) is 11.0 Å². The fourth-order valence-electron chi connectivity index (χ4n) is 1.24. The third-order valence-corrected chi connectivity index (χ3v) is 2.64. The Hall–Kier alpha value is -0.690. The second-order valence-electron chi connectivity index (χ2n) is 2.74. The third kappa shape index (κ3) is 2.74. The first-order valence-corrected chi connectivity index (χ1v) is 5.22. The lowest BCUT2D eigenvalue weighted by atomic mass is 10.4. The molecule has 0 N–H and O–H groups in total. The van der Waals surface area contributed by atoms with Crippen molar-refractivity contribution in [3.63, 3.8) is 0 Å². The molecule has 0 aromatic carbocycles. The molecule has 1 heterocycles. The summed E-state index contributed by atoms with van der Waals surface area (Å²) in [6.07, 6.45) is 2.27. The van der Waals surface area contributed by atoms with Crippen LogP contribution in [0, 0.1) is 11.3 Å². The molecule has 0 aromatic rings. The molecule has 1 fully saturated rings. The van der Waals surface area contributed by atoms with Crippen molar-refractivity contribution in [3.05, 3.63) is 0 Å². The first-order valence-electron chi connectivity index (χ1n) is 4.07. The van der Waals surface area contributed by atoms with Crippen molar-refractivity contribution in [1.82, 2.24) is 4.90 Å². The lowest BCUT2D eigenvalue weighted by molar-refractivity contribution is -0.127. The van der Waals surface area contributed by atoms with E-state index in [-0.39, 0.29) is 5.91 Å². The van der Waals surface area contributed by atoms with Gasteiger partial charge in [0.1, 0.15) is 0 Å². The molecule has 0 bridgehead atoms. The van der Waals surface area contributed by atoms with Gasteiger partial charge in [0.2, 0.25) is 5.91 Å². The molecular formula is C8H12N2OS. The Kier molecular flexibility index (Phi) is 3.95. The Balaban J connectivity index is 2.15. The van der Waals surface area contributed by atoms with Gasteiger partial charge >= 0.3 is 0 Å². The minimum absolute atomic E-state index is 0.188. The molecule has 1 aliphatic rings. The molecular weight excluding hydrogens is 172 g/mol. The van der Waals surface area contributed by atoms with Crippen LogP contribution in [0.25, 0.3) is 0 Å². The molecule has 0 aliphatic carbocycles. The van der Waals surface area contributed by atoms with E-state index in [9.17, 15) is 4.79 Å². The highest BCUT2D eigenvalue weighted by Crippen LogP contribution is 2.10.